The van der Waals surface area contributed by atoms with Gasteiger partial charge in [-0.05, 0) is 44.8 Å². The quantitative estimate of drug-likeness (QED) is 0.886. The van der Waals surface area contributed by atoms with E-state index < -0.39 is 0 Å². The van der Waals surface area contributed by atoms with Crippen molar-refractivity contribution in [2.45, 2.75) is 6.92 Å². The summed E-state index contributed by atoms with van der Waals surface area (Å²) >= 11 is 6.68. The number of nitrogens with one attached hydrogen (secondary N) is 1. The molecule has 0 saturated carbocycles. The zero-order chi connectivity index (χ0) is 13.0. The molecule has 0 spiro atoms. The largest absolute Gasteiger partial charge is 0.436 e. The molecule has 0 saturated heterocycles. The van der Waals surface area contributed by atoms with Crippen molar-refractivity contribution in [3.05, 3.63) is 33.6 Å². The lowest BCUT2D eigenvalue weighted by atomic mass is 10.5. The van der Waals surface area contributed by atoms with Crippen molar-refractivity contribution in [3.8, 4) is 11.6 Å². The van der Waals surface area contributed by atoms with Crippen molar-refractivity contribution in [2.75, 3.05) is 11.9 Å². The van der Waals surface area contributed by atoms with Crippen LogP contribution in [0.1, 0.15) is 6.92 Å². The lowest BCUT2D eigenvalue weighted by Crippen LogP contribution is -2.03. The summed E-state index contributed by atoms with van der Waals surface area (Å²) in [6.07, 6.45) is 4.95. The van der Waals surface area contributed by atoms with Crippen molar-refractivity contribution < 1.29 is 4.74 Å². The van der Waals surface area contributed by atoms with E-state index in [0.717, 1.165) is 11.0 Å². The Balaban J connectivity index is 2.25. The highest BCUT2D eigenvalue weighted by Crippen LogP contribution is 2.28. The van der Waals surface area contributed by atoms with E-state index in [2.05, 4.69) is 52.1 Å². The summed E-state index contributed by atoms with van der Waals surface area (Å²) in [7, 11) is 0. The molecule has 0 amide bonds. The molecule has 2 aromatic rings. The van der Waals surface area contributed by atoms with Crippen LogP contribution in [0.2, 0.25) is 0 Å². The number of aromatic nitrogens is 3. The van der Waals surface area contributed by atoms with Crippen LogP contribution in [0.3, 0.4) is 0 Å². The Labute approximate surface area is 121 Å². The highest BCUT2D eigenvalue weighted by Gasteiger charge is 2.07. The number of halogens is 2. The Bertz CT molecular complexity index is 550. The standard InChI is InChI=1S/C11H10Br2N4O/c1-2-15-11-16-6-9(13)10(17-11)18-8-3-7(12)4-14-5-8/h3-6H,2H2,1H3,(H,15,16,17). The van der Waals surface area contributed by atoms with E-state index in [0.29, 0.717) is 22.1 Å². The molecule has 5 nitrogen and oxygen atoms in total. The molecule has 2 heterocycles. The zero-order valence-electron chi connectivity index (χ0n) is 9.52. The van der Waals surface area contributed by atoms with Gasteiger partial charge in [0.1, 0.15) is 5.75 Å². The lowest BCUT2D eigenvalue weighted by molar-refractivity contribution is 0.456. The maximum Gasteiger partial charge on any atom is 0.238 e. The number of anilines is 1. The number of rotatable bonds is 4. The second-order valence-corrected chi connectivity index (χ2v) is 5.09. The van der Waals surface area contributed by atoms with Crippen molar-refractivity contribution in [1.82, 2.24) is 15.0 Å². The van der Waals surface area contributed by atoms with Crippen LogP contribution in [0.5, 0.6) is 11.6 Å². The fourth-order valence-electron chi connectivity index (χ4n) is 1.23. The monoisotopic (exact) mass is 372 g/mol. The third kappa shape index (κ3) is 3.39. The van der Waals surface area contributed by atoms with Crippen LogP contribution < -0.4 is 10.1 Å². The molecule has 0 unspecified atom stereocenters. The fraction of sp³-hybridized carbons (Fsp3) is 0.182. The van der Waals surface area contributed by atoms with Gasteiger partial charge in [0, 0.05) is 17.2 Å². The molecule has 7 heteroatoms. The van der Waals surface area contributed by atoms with Gasteiger partial charge in [-0.25, -0.2) is 4.98 Å². The van der Waals surface area contributed by atoms with E-state index in [1.807, 2.05) is 13.0 Å². The molecule has 2 rings (SSSR count). The van der Waals surface area contributed by atoms with Gasteiger partial charge >= 0.3 is 0 Å². The third-order valence-corrected chi connectivity index (χ3v) is 2.92. The first-order valence-electron chi connectivity index (χ1n) is 5.24. The van der Waals surface area contributed by atoms with E-state index in [1.54, 1.807) is 18.6 Å². The molecule has 0 atom stereocenters. The van der Waals surface area contributed by atoms with E-state index in [9.17, 15) is 0 Å². The molecule has 0 aliphatic heterocycles. The predicted octanol–water partition coefficient (Wildman–Crippen LogP) is 3.62. The first-order valence-corrected chi connectivity index (χ1v) is 6.82. The van der Waals surface area contributed by atoms with Gasteiger partial charge < -0.3 is 10.1 Å². The summed E-state index contributed by atoms with van der Waals surface area (Å²) in [5, 5.41) is 3.02. The zero-order valence-corrected chi connectivity index (χ0v) is 12.7. The molecular formula is C11H10Br2N4O. The van der Waals surface area contributed by atoms with Crippen LogP contribution in [0.4, 0.5) is 5.95 Å². The van der Waals surface area contributed by atoms with Gasteiger partial charge in [-0.1, -0.05) is 0 Å². The molecule has 2 aromatic heterocycles. The molecule has 0 fully saturated rings. The highest BCUT2D eigenvalue weighted by molar-refractivity contribution is 9.10. The normalized spacial score (nSPS) is 10.2. The fourth-order valence-corrected chi connectivity index (χ4v) is 1.84. The van der Waals surface area contributed by atoms with Gasteiger partial charge in [0.05, 0.1) is 16.9 Å². The summed E-state index contributed by atoms with van der Waals surface area (Å²) in [6.45, 7) is 2.73. The van der Waals surface area contributed by atoms with Crippen molar-refractivity contribution in [3.63, 3.8) is 0 Å². The Morgan fingerprint density at radius 2 is 2.11 bits per heavy atom. The van der Waals surface area contributed by atoms with Gasteiger partial charge in [0.25, 0.3) is 0 Å². The molecule has 0 aliphatic rings. The van der Waals surface area contributed by atoms with Gasteiger partial charge in [-0.15, -0.1) is 0 Å². The second kappa shape index (κ2) is 6.10. The van der Waals surface area contributed by atoms with E-state index in [-0.39, 0.29) is 0 Å². The van der Waals surface area contributed by atoms with Crippen LogP contribution in [-0.4, -0.2) is 21.5 Å². The number of hydrogen-bond donors (Lipinski definition) is 1. The van der Waals surface area contributed by atoms with Crippen molar-refractivity contribution in [2.24, 2.45) is 0 Å². The first kappa shape index (κ1) is 13.2. The molecule has 0 radical (unpaired) electrons. The highest BCUT2D eigenvalue weighted by atomic mass is 79.9. The van der Waals surface area contributed by atoms with E-state index in [4.69, 9.17) is 4.74 Å². The minimum Gasteiger partial charge on any atom is -0.436 e. The van der Waals surface area contributed by atoms with Crippen LogP contribution in [0.25, 0.3) is 0 Å². The predicted molar refractivity (Wildman–Crippen MR) is 75.9 cm³/mol. The van der Waals surface area contributed by atoms with Crippen LogP contribution >= 0.6 is 31.9 Å². The van der Waals surface area contributed by atoms with Crippen LogP contribution in [-0.2, 0) is 0 Å². The Morgan fingerprint density at radius 3 is 2.83 bits per heavy atom. The molecule has 18 heavy (non-hydrogen) atoms. The molecule has 0 aromatic carbocycles. The first-order chi connectivity index (χ1) is 8.69. The smallest absolute Gasteiger partial charge is 0.238 e. The minimum atomic E-state index is 0.445. The summed E-state index contributed by atoms with van der Waals surface area (Å²) in [4.78, 5) is 12.4. The SMILES string of the molecule is CCNc1ncc(Br)c(Oc2cncc(Br)c2)n1. The van der Waals surface area contributed by atoms with Gasteiger partial charge in [0.2, 0.25) is 11.8 Å². The average molecular weight is 374 g/mol. The molecule has 0 bridgehead atoms. The van der Waals surface area contributed by atoms with Crippen molar-refractivity contribution in [1.29, 1.82) is 0 Å². The summed E-state index contributed by atoms with van der Waals surface area (Å²) in [5.74, 6) is 1.57. The summed E-state index contributed by atoms with van der Waals surface area (Å²) < 4.78 is 7.18. The van der Waals surface area contributed by atoms with Gasteiger partial charge in [0.15, 0.2) is 0 Å². The van der Waals surface area contributed by atoms with E-state index in [1.165, 1.54) is 0 Å². The van der Waals surface area contributed by atoms with Crippen LogP contribution in [0, 0.1) is 0 Å². The second-order valence-electron chi connectivity index (χ2n) is 3.32. The number of ether oxygens (including phenoxy) is 1. The van der Waals surface area contributed by atoms with Crippen LogP contribution in [0.15, 0.2) is 33.6 Å². The Kier molecular flexibility index (Phi) is 4.48. The Morgan fingerprint density at radius 1 is 1.28 bits per heavy atom. The number of hydrogen-bond acceptors (Lipinski definition) is 5. The van der Waals surface area contributed by atoms with Gasteiger partial charge in [-0.2, -0.15) is 4.98 Å². The Hall–Kier alpha value is -1.21. The maximum absolute atomic E-state index is 5.65. The average Bonchev–Trinajstić information content (AvgIpc) is 2.34. The molecule has 1 N–H and O–H groups in total. The molecule has 94 valence electrons. The lowest BCUT2D eigenvalue weighted by Gasteiger charge is -2.08. The topological polar surface area (TPSA) is 59.9 Å². The number of pyridine rings is 1. The van der Waals surface area contributed by atoms with Gasteiger partial charge in [-0.3, -0.25) is 4.98 Å². The summed E-state index contributed by atoms with van der Waals surface area (Å²) in [6, 6.07) is 1.81. The summed E-state index contributed by atoms with van der Waals surface area (Å²) in [5.41, 5.74) is 0. The third-order valence-electron chi connectivity index (χ3n) is 1.94. The minimum absolute atomic E-state index is 0.445. The number of nitrogens with zero attached hydrogens (tertiary/aromatic N) is 3. The molecule has 0 aliphatic carbocycles. The van der Waals surface area contributed by atoms with E-state index >= 15 is 0 Å². The maximum atomic E-state index is 5.65. The molecular weight excluding hydrogens is 364 g/mol. The van der Waals surface area contributed by atoms with Crippen molar-refractivity contribution >= 4 is 37.8 Å².